The van der Waals surface area contributed by atoms with E-state index in [-0.39, 0.29) is 6.04 Å². The fourth-order valence-electron chi connectivity index (χ4n) is 2.56. The summed E-state index contributed by atoms with van der Waals surface area (Å²) in [6.07, 6.45) is 3.59. The molecule has 0 spiro atoms. The monoisotopic (exact) mass is 250 g/mol. The van der Waals surface area contributed by atoms with Crippen LogP contribution in [0.2, 0.25) is 5.02 Å². The molecule has 1 aliphatic heterocycles. The molecule has 4 heteroatoms. The van der Waals surface area contributed by atoms with Crippen molar-refractivity contribution in [3.8, 4) is 0 Å². The molecule has 3 N–H and O–H groups in total. The van der Waals surface area contributed by atoms with Gasteiger partial charge in [0.15, 0.2) is 0 Å². The van der Waals surface area contributed by atoms with Crippen LogP contribution in [0.25, 0.3) is 10.9 Å². The van der Waals surface area contributed by atoms with E-state index in [0.717, 1.165) is 35.9 Å². The van der Waals surface area contributed by atoms with Gasteiger partial charge in [0, 0.05) is 33.7 Å². The summed E-state index contributed by atoms with van der Waals surface area (Å²) < 4.78 is 0. The van der Waals surface area contributed by atoms with Crippen molar-refractivity contribution in [2.24, 2.45) is 0 Å². The summed E-state index contributed by atoms with van der Waals surface area (Å²) in [5.74, 6) is 0. The van der Waals surface area contributed by atoms with Crippen molar-refractivity contribution >= 4 is 22.5 Å². The molecule has 1 saturated heterocycles. The highest BCUT2D eigenvalue weighted by Gasteiger charge is 2.25. The minimum atomic E-state index is -0.451. The van der Waals surface area contributed by atoms with E-state index in [1.807, 2.05) is 24.4 Å². The number of hydrogen-bond acceptors (Lipinski definition) is 2. The Morgan fingerprint density at radius 3 is 3.06 bits per heavy atom. The van der Waals surface area contributed by atoms with Crippen molar-refractivity contribution in [3.05, 3.63) is 35.0 Å². The molecule has 1 fully saturated rings. The molecule has 3 rings (SSSR count). The largest absolute Gasteiger partial charge is 0.387 e. The van der Waals surface area contributed by atoms with Gasteiger partial charge in [-0.1, -0.05) is 17.7 Å². The van der Waals surface area contributed by atoms with E-state index >= 15 is 0 Å². The Kier molecular flexibility index (Phi) is 2.82. The molecule has 0 saturated carbocycles. The van der Waals surface area contributed by atoms with Crippen molar-refractivity contribution in [2.45, 2.75) is 25.0 Å². The van der Waals surface area contributed by atoms with E-state index in [1.165, 1.54) is 0 Å². The maximum atomic E-state index is 10.4. The molecule has 0 bridgehead atoms. The lowest BCUT2D eigenvalue weighted by Gasteiger charge is -2.17. The van der Waals surface area contributed by atoms with Gasteiger partial charge in [0.25, 0.3) is 0 Å². The van der Waals surface area contributed by atoms with E-state index in [1.54, 1.807) is 0 Å². The zero-order valence-corrected chi connectivity index (χ0v) is 10.2. The van der Waals surface area contributed by atoms with Gasteiger partial charge in [0.05, 0.1) is 6.10 Å². The number of aromatic nitrogens is 1. The highest BCUT2D eigenvalue weighted by molar-refractivity contribution is 6.31. The topological polar surface area (TPSA) is 48.0 Å². The molecule has 90 valence electrons. The summed E-state index contributed by atoms with van der Waals surface area (Å²) >= 11 is 5.94. The zero-order chi connectivity index (χ0) is 11.8. The smallest absolute Gasteiger partial charge is 0.0963 e. The molecule has 1 aromatic carbocycles. The van der Waals surface area contributed by atoms with E-state index < -0.39 is 6.10 Å². The minimum Gasteiger partial charge on any atom is -0.387 e. The Hall–Kier alpha value is -1.03. The van der Waals surface area contributed by atoms with Crippen LogP contribution in [0.1, 0.15) is 24.5 Å². The first kappa shape index (κ1) is 11.1. The summed E-state index contributed by atoms with van der Waals surface area (Å²) in [4.78, 5) is 3.16. The molecule has 17 heavy (non-hydrogen) atoms. The maximum absolute atomic E-state index is 10.4. The van der Waals surface area contributed by atoms with Gasteiger partial charge in [-0.15, -0.1) is 0 Å². The zero-order valence-electron chi connectivity index (χ0n) is 9.41. The summed E-state index contributed by atoms with van der Waals surface area (Å²) in [7, 11) is 0. The minimum absolute atomic E-state index is 0.171. The first-order valence-electron chi connectivity index (χ1n) is 5.94. The second-order valence-electron chi connectivity index (χ2n) is 4.58. The quantitative estimate of drug-likeness (QED) is 0.767. The molecule has 1 aliphatic rings. The molecule has 0 aliphatic carbocycles. The van der Waals surface area contributed by atoms with Crippen LogP contribution < -0.4 is 5.32 Å². The lowest BCUT2D eigenvalue weighted by molar-refractivity contribution is 0.139. The first-order valence-corrected chi connectivity index (χ1v) is 6.31. The molecular weight excluding hydrogens is 236 g/mol. The van der Waals surface area contributed by atoms with Crippen molar-refractivity contribution in [2.75, 3.05) is 6.54 Å². The highest BCUT2D eigenvalue weighted by Crippen LogP contribution is 2.30. The maximum Gasteiger partial charge on any atom is 0.0963 e. The number of H-pyrrole nitrogens is 1. The van der Waals surface area contributed by atoms with E-state index in [2.05, 4.69) is 10.3 Å². The van der Waals surface area contributed by atoms with Crippen molar-refractivity contribution in [1.29, 1.82) is 0 Å². The summed E-state index contributed by atoms with van der Waals surface area (Å²) in [5.41, 5.74) is 1.93. The number of fused-ring (bicyclic) bond motifs is 1. The third kappa shape index (κ3) is 1.95. The van der Waals surface area contributed by atoms with Crippen LogP contribution >= 0.6 is 11.6 Å². The molecule has 2 aromatic rings. The fourth-order valence-corrected chi connectivity index (χ4v) is 2.74. The number of nitrogens with one attached hydrogen (secondary N) is 2. The number of benzene rings is 1. The molecular formula is C13H15ClN2O. The average Bonchev–Trinajstić information content (AvgIpc) is 2.96. The average molecular weight is 251 g/mol. The number of aromatic amines is 1. The third-order valence-electron chi connectivity index (χ3n) is 3.47. The van der Waals surface area contributed by atoms with Crippen LogP contribution in [0.5, 0.6) is 0 Å². The SMILES string of the molecule is OC(c1c[nH]c2cc(Cl)ccc12)C1CCCN1. The van der Waals surface area contributed by atoms with E-state index in [0.29, 0.717) is 5.02 Å². The van der Waals surface area contributed by atoms with E-state index in [4.69, 9.17) is 11.6 Å². The van der Waals surface area contributed by atoms with Gasteiger partial charge in [0.1, 0.15) is 0 Å². The number of aliphatic hydroxyl groups is 1. The van der Waals surface area contributed by atoms with Crippen LogP contribution in [0.15, 0.2) is 24.4 Å². The van der Waals surface area contributed by atoms with Crippen LogP contribution in [-0.2, 0) is 0 Å². The second kappa shape index (κ2) is 4.33. The van der Waals surface area contributed by atoms with Crippen molar-refractivity contribution < 1.29 is 5.11 Å². The van der Waals surface area contributed by atoms with Crippen LogP contribution in [0.3, 0.4) is 0 Å². The van der Waals surface area contributed by atoms with Crippen LogP contribution in [0.4, 0.5) is 0 Å². The lowest BCUT2D eigenvalue weighted by atomic mass is 10.0. The van der Waals surface area contributed by atoms with Crippen molar-refractivity contribution in [3.63, 3.8) is 0 Å². The molecule has 2 unspecified atom stereocenters. The van der Waals surface area contributed by atoms with E-state index in [9.17, 15) is 5.11 Å². The Morgan fingerprint density at radius 2 is 2.29 bits per heavy atom. The number of halogens is 1. The molecule has 0 radical (unpaired) electrons. The lowest BCUT2D eigenvalue weighted by Crippen LogP contribution is -2.28. The molecule has 0 amide bonds. The number of hydrogen-bond donors (Lipinski definition) is 3. The normalized spacial score (nSPS) is 22.1. The third-order valence-corrected chi connectivity index (χ3v) is 3.71. The molecule has 3 nitrogen and oxygen atoms in total. The predicted molar refractivity (Wildman–Crippen MR) is 69.3 cm³/mol. The van der Waals surface area contributed by atoms with Gasteiger partial charge in [-0.3, -0.25) is 0 Å². The Labute approximate surface area is 105 Å². The first-order chi connectivity index (χ1) is 8.25. The summed E-state index contributed by atoms with van der Waals surface area (Å²) in [5, 5.41) is 15.5. The summed E-state index contributed by atoms with van der Waals surface area (Å²) in [6.45, 7) is 0.996. The second-order valence-corrected chi connectivity index (χ2v) is 5.02. The fraction of sp³-hybridized carbons (Fsp3) is 0.385. The van der Waals surface area contributed by atoms with Gasteiger partial charge in [-0.2, -0.15) is 0 Å². The van der Waals surface area contributed by atoms with Gasteiger partial charge in [0.2, 0.25) is 0 Å². The highest BCUT2D eigenvalue weighted by atomic mass is 35.5. The molecule has 1 aromatic heterocycles. The van der Waals surface area contributed by atoms with Gasteiger partial charge < -0.3 is 15.4 Å². The molecule has 2 heterocycles. The van der Waals surface area contributed by atoms with Crippen molar-refractivity contribution in [1.82, 2.24) is 10.3 Å². The molecule has 2 atom stereocenters. The predicted octanol–water partition coefficient (Wildman–Crippen LogP) is 2.61. The van der Waals surface area contributed by atoms with Gasteiger partial charge in [-0.05, 0) is 31.5 Å². The van der Waals surface area contributed by atoms with Crippen LogP contribution in [0, 0.1) is 0 Å². The Morgan fingerprint density at radius 1 is 1.41 bits per heavy atom. The Balaban J connectivity index is 1.99. The van der Waals surface area contributed by atoms with Gasteiger partial charge in [-0.25, -0.2) is 0 Å². The number of aliphatic hydroxyl groups excluding tert-OH is 1. The standard InChI is InChI=1S/C13H15ClN2O/c14-8-3-4-9-10(7-16-12(9)6-8)13(17)11-2-1-5-15-11/h3-4,6-7,11,13,15-17H,1-2,5H2. The van der Waals surface area contributed by atoms with Crippen LogP contribution in [-0.4, -0.2) is 22.7 Å². The number of rotatable bonds is 2. The van der Waals surface area contributed by atoms with Gasteiger partial charge >= 0.3 is 0 Å². The summed E-state index contributed by atoms with van der Waals surface area (Å²) in [6, 6.07) is 5.87. The Bertz CT molecular complexity index is 531.